The number of rotatable bonds is 3. The third-order valence-electron chi connectivity index (χ3n) is 2.37. The van der Waals surface area contributed by atoms with Crippen molar-refractivity contribution in [2.24, 2.45) is 0 Å². The summed E-state index contributed by atoms with van der Waals surface area (Å²) in [5.41, 5.74) is 1.49. The Morgan fingerprint density at radius 2 is 2.13 bits per heavy atom. The summed E-state index contributed by atoms with van der Waals surface area (Å²) >= 11 is 0. The molecule has 78 valence electrons. The Hall–Kier alpha value is -1.61. The Balaban J connectivity index is 2.53. The molecule has 0 bridgehead atoms. The Morgan fingerprint density at radius 1 is 1.27 bits per heavy atom. The van der Waals surface area contributed by atoms with Crippen LogP contribution in [-0.4, -0.2) is 13.6 Å². The standard InChI is InChI=1S/C12H13NO2/c1-13-8-7-10-4-2-3-9-5-6-11(14)15-12(9)10/h2-6,13H,7-8H2,1H3. The molecule has 0 amide bonds. The van der Waals surface area contributed by atoms with Gasteiger partial charge in [-0.15, -0.1) is 0 Å². The molecule has 0 atom stereocenters. The highest BCUT2D eigenvalue weighted by molar-refractivity contribution is 5.79. The van der Waals surface area contributed by atoms with Crippen molar-refractivity contribution in [3.8, 4) is 0 Å². The predicted molar refractivity (Wildman–Crippen MR) is 60.1 cm³/mol. The number of nitrogens with one attached hydrogen (secondary N) is 1. The average molecular weight is 203 g/mol. The van der Waals surface area contributed by atoms with E-state index in [0.29, 0.717) is 5.58 Å². The second-order valence-electron chi connectivity index (χ2n) is 3.44. The lowest BCUT2D eigenvalue weighted by Crippen LogP contribution is -2.10. The average Bonchev–Trinajstić information content (AvgIpc) is 2.26. The van der Waals surface area contributed by atoms with Crippen molar-refractivity contribution < 1.29 is 4.42 Å². The van der Waals surface area contributed by atoms with E-state index in [1.165, 1.54) is 6.07 Å². The Labute approximate surface area is 87.7 Å². The molecule has 3 heteroatoms. The minimum absolute atomic E-state index is 0.292. The first-order valence-corrected chi connectivity index (χ1v) is 4.97. The molecule has 2 aromatic rings. The molecule has 1 aromatic carbocycles. The van der Waals surface area contributed by atoms with E-state index in [4.69, 9.17) is 4.42 Å². The van der Waals surface area contributed by atoms with Crippen LogP contribution < -0.4 is 10.9 Å². The minimum atomic E-state index is -0.292. The van der Waals surface area contributed by atoms with E-state index in [9.17, 15) is 4.79 Å². The lowest BCUT2D eigenvalue weighted by atomic mass is 10.1. The molecule has 15 heavy (non-hydrogen) atoms. The van der Waals surface area contributed by atoms with Crippen LogP contribution in [0.2, 0.25) is 0 Å². The van der Waals surface area contributed by atoms with Crippen molar-refractivity contribution in [2.45, 2.75) is 6.42 Å². The van der Waals surface area contributed by atoms with Crippen LogP contribution in [0.3, 0.4) is 0 Å². The molecule has 0 unspecified atom stereocenters. The van der Waals surface area contributed by atoms with Crippen LogP contribution in [0, 0.1) is 0 Å². The van der Waals surface area contributed by atoms with Gasteiger partial charge in [0.25, 0.3) is 0 Å². The fourth-order valence-electron chi connectivity index (χ4n) is 1.61. The van der Waals surface area contributed by atoms with Gasteiger partial charge in [0.15, 0.2) is 0 Å². The highest BCUT2D eigenvalue weighted by Gasteiger charge is 2.02. The molecule has 1 N–H and O–H groups in total. The zero-order valence-corrected chi connectivity index (χ0v) is 8.62. The van der Waals surface area contributed by atoms with Gasteiger partial charge in [0.05, 0.1) is 0 Å². The molecule has 0 aliphatic heterocycles. The third-order valence-corrected chi connectivity index (χ3v) is 2.37. The normalized spacial score (nSPS) is 10.7. The maximum Gasteiger partial charge on any atom is 0.336 e. The molecule has 0 saturated heterocycles. The zero-order chi connectivity index (χ0) is 10.7. The number of fused-ring (bicyclic) bond motifs is 1. The summed E-state index contributed by atoms with van der Waals surface area (Å²) in [4.78, 5) is 11.1. The molecule has 1 aromatic heterocycles. The summed E-state index contributed by atoms with van der Waals surface area (Å²) in [5, 5.41) is 4.05. The minimum Gasteiger partial charge on any atom is -0.422 e. The Kier molecular flexibility index (Phi) is 2.83. The molecule has 0 aliphatic carbocycles. The lowest BCUT2D eigenvalue weighted by Gasteiger charge is -2.03. The molecule has 0 radical (unpaired) electrons. The van der Waals surface area contributed by atoms with Gasteiger partial charge in [0, 0.05) is 11.5 Å². The van der Waals surface area contributed by atoms with E-state index >= 15 is 0 Å². The SMILES string of the molecule is CNCCc1cccc2ccc(=O)oc12. The van der Waals surface area contributed by atoms with Crippen LogP contribution in [0.4, 0.5) is 0 Å². The Morgan fingerprint density at radius 3 is 2.93 bits per heavy atom. The second-order valence-corrected chi connectivity index (χ2v) is 3.44. The van der Waals surface area contributed by atoms with Gasteiger partial charge in [-0.05, 0) is 31.6 Å². The van der Waals surface area contributed by atoms with Gasteiger partial charge in [-0.2, -0.15) is 0 Å². The van der Waals surface area contributed by atoms with Crippen LogP contribution in [0.1, 0.15) is 5.56 Å². The highest BCUT2D eigenvalue weighted by atomic mass is 16.4. The largest absolute Gasteiger partial charge is 0.422 e. The van der Waals surface area contributed by atoms with E-state index in [-0.39, 0.29) is 5.63 Å². The first-order chi connectivity index (χ1) is 7.31. The maximum absolute atomic E-state index is 11.1. The van der Waals surface area contributed by atoms with Crippen LogP contribution in [0.5, 0.6) is 0 Å². The smallest absolute Gasteiger partial charge is 0.336 e. The van der Waals surface area contributed by atoms with E-state index in [0.717, 1.165) is 23.9 Å². The predicted octanol–water partition coefficient (Wildman–Crippen LogP) is 1.55. The van der Waals surface area contributed by atoms with Gasteiger partial charge in [-0.25, -0.2) is 4.79 Å². The van der Waals surface area contributed by atoms with E-state index in [1.807, 2.05) is 25.2 Å². The van der Waals surface area contributed by atoms with Crippen molar-refractivity contribution in [1.29, 1.82) is 0 Å². The van der Waals surface area contributed by atoms with Gasteiger partial charge in [-0.3, -0.25) is 0 Å². The zero-order valence-electron chi connectivity index (χ0n) is 8.62. The monoisotopic (exact) mass is 203 g/mol. The summed E-state index contributed by atoms with van der Waals surface area (Å²) in [6.45, 7) is 0.873. The molecular formula is C12H13NO2. The fourth-order valence-corrected chi connectivity index (χ4v) is 1.61. The van der Waals surface area contributed by atoms with E-state index in [2.05, 4.69) is 5.32 Å². The summed E-state index contributed by atoms with van der Waals surface area (Å²) in [5.74, 6) is 0. The van der Waals surface area contributed by atoms with Gasteiger partial charge < -0.3 is 9.73 Å². The highest BCUT2D eigenvalue weighted by Crippen LogP contribution is 2.16. The number of benzene rings is 1. The summed E-state index contributed by atoms with van der Waals surface area (Å²) in [7, 11) is 1.90. The number of para-hydroxylation sites is 1. The van der Waals surface area contributed by atoms with Crippen LogP contribution >= 0.6 is 0 Å². The molecule has 0 aliphatic rings. The Bertz CT molecular complexity index is 516. The van der Waals surface area contributed by atoms with Crippen molar-refractivity contribution in [3.63, 3.8) is 0 Å². The second kappa shape index (κ2) is 4.28. The summed E-state index contributed by atoms with van der Waals surface area (Å²) in [6.07, 6.45) is 0.862. The summed E-state index contributed by atoms with van der Waals surface area (Å²) < 4.78 is 5.21. The topological polar surface area (TPSA) is 42.2 Å². The van der Waals surface area contributed by atoms with Crippen molar-refractivity contribution in [2.75, 3.05) is 13.6 Å². The molecule has 1 heterocycles. The van der Waals surface area contributed by atoms with Crippen LogP contribution in [-0.2, 0) is 6.42 Å². The van der Waals surface area contributed by atoms with Gasteiger partial charge in [-0.1, -0.05) is 18.2 Å². The summed E-state index contributed by atoms with van der Waals surface area (Å²) in [6, 6.07) is 9.16. The molecule has 3 nitrogen and oxygen atoms in total. The molecule has 0 saturated carbocycles. The molecule has 0 fully saturated rings. The molecule has 0 spiro atoms. The van der Waals surface area contributed by atoms with Crippen LogP contribution in [0.25, 0.3) is 11.0 Å². The van der Waals surface area contributed by atoms with Gasteiger partial charge >= 0.3 is 5.63 Å². The molecule has 2 rings (SSSR count). The van der Waals surface area contributed by atoms with Crippen molar-refractivity contribution in [3.05, 3.63) is 46.3 Å². The fraction of sp³-hybridized carbons (Fsp3) is 0.250. The van der Waals surface area contributed by atoms with E-state index < -0.39 is 0 Å². The van der Waals surface area contributed by atoms with Gasteiger partial charge in [0.2, 0.25) is 0 Å². The van der Waals surface area contributed by atoms with Crippen molar-refractivity contribution >= 4 is 11.0 Å². The quantitative estimate of drug-likeness (QED) is 0.770. The third kappa shape index (κ3) is 2.07. The lowest BCUT2D eigenvalue weighted by molar-refractivity contribution is 0.556. The van der Waals surface area contributed by atoms with Gasteiger partial charge in [0.1, 0.15) is 5.58 Å². The van der Waals surface area contributed by atoms with E-state index in [1.54, 1.807) is 6.07 Å². The van der Waals surface area contributed by atoms with Crippen molar-refractivity contribution in [1.82, 2.24) is 5.32 Å². The number of likely N-dealkylation sites (N-methyl/N-ethyl adjacent to an activating group) is 1. The number of hydrogen-bond donors (Lipinski definition) is 1. The molecular weight excluding hydrogens is 190 g/mol. The maximum atomic E-state index is 11.1. The number of hydrogen-bond acceptors (Lipinski definition) is 3. The van der Waals surface area contributed by atoms with Crippen LogP contribution in [0.15, 0.2) is 39.5 Å². The first-order valence-electron chi connectivity index (χ1n) is 4.97. The first kappa shape index (κ1) is 9.93.